The van der Waals surface area contributed by atoms with Crippen molar-refractivity contribution in [2.45, 2.75) is 37.8 Å². The van der Waals surface area contributed by atoms with Gasteiger partial charge in [0.15, 0.2) is 0 Å². The van der Waals surface area contributed by atoms with Crippen LogP contribution in [0, 0.1) is 11.3 Å². The van der Waals surface area contributed by atoms with Crippen LogP contribution in [0.1, 0.15) is 24.1 Å². The molecule has 1 atom stereocenters. The summed E-state index contributed by atoms with van der Waals surface area (Å²) in [5.74, 6) is -1.51. The van der Waals surface area contributed by atoms with Gasteiger partial charge in [-0.2, -0.15) is 15.2 Å². The molecule has 1 unspecified atom stereocenters. The van der Waals surface area contributed by atoms with Crippen molar-refractivity contribution in [3.05, 3.63) is 66.4 Å². The molecule has 1 amide bonds. The Bertz CT molecular complexity index is 1590. The molecule has 3 aliphatic heterocycles. The summed E-state index contributed by atoms with van der Waals surface area (Å²) >= 11 is 0. The molecule has 0 radical (unpaired) electrons. The monoisotopic (exact) mass is 613 g/mol. The van der Waals surface area contributed by atoms with Crippen LogP contribution in [0.5, 0.6) is 6.01 Å². The summed E-state index contributed by atoms with van der Waals surface area (Å²) in [7, 11) is 0. The summed E-state index contributed by atoms with van der Waals surface area (Å²) < 4.78 is 11.1. The highest BCUT2D eigenvalue weighted by Crippen LogP contribution is 2.35. The summed E-state index contributed by atoms with van der Waals surface area (Å²) in [5, 5.41) is 31.5. The number of hydrogen-bond donors (Lipinski definition) is 2. The maximum absolute atomic E-state index is 12.5. The molecule has 6 rings (SSSR count). The van der Waals surface area contributed by atoms with E-state index < -0.39 is 5.97 Å². The number of morpholine rings is 1. The number of piperazine rings is 1. The molecular formula is C33H39N7O5. The molecule has 2 aromatic carbocycles. The summed E-state index contributed by atoms with van der Waals surface area (Å²) in [6, 6.07) is 17.0. The topological polar surface area (TPSA) is 139 Å². The highest BCUT2D eigenvalue weighted by atomic mass is 16.8. The average molecular weight is 614 g/mol. The normalized spacial score (nSPS) is 20.0. The van der Waals surface area contributed by atoms with Crippen molar-refractivity contribution in [1.82, 2.24) is 19.8 Å². The molecule has 0 saturated carbocycles. The van der Waals surface area contributed by atoms with Crippen molar-refractivity contribution in [2.24, 2.45) is 0 Å². The quantitative estimate of drug-likeness (QED) is 0.208. The lowest BCUT2D eigenvalue weighted by Gasteiger charge is -2.42. The van der Waals surface area contributed by atoms with Gasteiger partial charge >= 0.3 is 6.01 Å². The van der Waals surface area contributed by atoms with E-state index in [9.17, 15) is 20.3 Å². The number of ether oxygens (including phenoxy) is 2. The summed E-state index contributed by atoms with van der Waals surface area (Å²) in [6.45, 7) is 8.36. The van der Waals surface area contributed by atoms with E-state index in [0.717, 1.165) is 35.7 Å². The second kappa shape index (κ2) is 13.4. The van der Waals surface area contributed by atoms with E-state index in [-0.39, 0.29) is 37.5 Å². The molecule has 45 heavy (non-hydrogen) atoms. The molecule has 0 bridgehead atoms. The third-order valence-electron chi connectivity index (χ3n) is 8.72. The van der Waals surface area contributed by atoms with Gasteiger partial charge in [0.1, 0.15) is 5.82 Å². The largest absolute Gasteiger partial charge is 0.463 e. The predicted molar refractivity (Wildman–Crippen MR) is 169 cm³/mol. The number of aromatic nitrogens is 2. The zero-order valence-corrected chi connectivity index (χ0v) is 25.3. The lowest BCUT2D eigenvalue weighted by molar-refractivity contribution is -0.358. The maximum Gasteiger partial charge on any atom is 0.318 e. The number of aliphatic hydroxyl groups is 2. The van der Waals surface area contributed by atoms with Crippen LogP contribution in [0.25, 0.3) is 10.8 Å². The minimum absolute atomic E-state index is 0.0146. The molecule has 0 aliphatic carbocycles. The molecule has 236 valence electrons. The van der Waals surface area contributed by atoms with Crippen LogP contribution in [-0.2, 0) is 22.5 Å². The van der Waals surface area contributed by atoms with Crippen LogP contribution < -0.4 is 14.5 Å². The second-order valence-electron chi connectivity index (χ2n) is 11.7. The fourth-order valence-electron chi connectivity index (χ4n) is 6.54. The SMILES string of the molecule is C=CC(=O)N1CCN(c2nc(OCCCN3CCOC(O)(O)C3)nc3c2CCN(c2cccc4ccccc24)C3)CC1CC#N. The summed E-state index contributed by atoms with van der Waals surface area (Å²) in [4.78, 5) is 30.5. The highest BCUT2D eigenvalue weighted by molar-refractivity contribution is 5.94. The average Bonchev–Trinajstić information content (AvgIpc) is 3.05. The Balaban J connectivity index is 1.25. The number of amides is 1. The smallest absolute Gasteiger partial charge is 0.318 e. The number of anilines is 2. The van der Waals surface area contributed by atoms with E-state index in [1.165, 1.54) is 16.8 Å². The van der Waals surface area contributed by atoms with Gasteiger partial charge in [0.25, 0.3) is 5.97 Å². The third kappa shape index (κ3) is 6.87. The Morgan fingerprint density at radius 3 is 2.80 bits per heavy atom. The second-order valence-corrected chi connectivity index (χ2v) is 11.7. The van der Waals surface area contributed by atoms with Crippen LogP contribution in [0.2, 0.25) is 0 Å². The highest BCUT2D eigenvalue weighted by Gasteiger charge is 2.34. The van der Waals surface area contributed by atoms with Crippen LogP contribution in [0.4, 0.5) is 11.5 Å². The Morgan fingerprint density at radius 1 is 1.13 bits per heavy atom. The first-order valence-electron chi connectivity index (χ1n) is 15.5. The van der Waals surface area contributed by atoms with Gasteiger partial charge in [0.2, 0.25) is 5.91 Å². The number of hydrogen-bond acceptors (Lipinski definition) is 11. The molecule has 4 heterocycles. The summed E-state index contributed by atoms with van der Waals surface area (Å²) in [6.07, 6.45) is 2.90. The van der Waals surface area contributed by atoms with E-state index in [4.69, 9.17) is 19.4 Å². The lowest BCUT2D eigenvalue weighted by Crippen LogP contribution is -2.55. The van der Waals surface area contributed by atoms with Gasteiger partial charge in [-0.15, -0.1) is 0 Å². The van der Waals surface area contributed by atoms with Gasteiger partial charge < -0.3 is 34.4 Å². The van der Waals surface area contributed by atoms with Gasteiger partial charge in [-0.05, 0) is 30.4 Å². The molecule has 2 saturated heterocycles. The van der Waals surface area contributed by atoms with E-state index in [0.29, 0.717) is 52.3 Å². The number of benzene rings is 2. The molecule has 3 aliphatic rings. The fraction of sp³-hybridized carbons (Fsp3) is 0.455. The Kier molecular flexibility index (Phi) is 9.14. The van der Waals surface area contributed by atoms with E-state index in [1.807, 2.05) is 11.0 Å². The molecule has 3 aromatic rings. The van der Waals surface area contributed by atoms with Crippen molar-refractivity contribution >= 4 is 28.2 Å². The molecule has 12 nitrogen and oxygen atoms in total. The van der Waals surface area contributed by atoms with Crippen LogP contribution in [0.15, 0.2) is 55.1 Å². The van der Waals surface area contributed by atoms with Crippen LogP contribution in [0.3, 0.4) is 0 Å². The minimum Gasteiger partial charge on any atom is -0.463 e. The van der Waals surface area contributed by atoms with Crippen molar-refractivity contribution in [1.29, 1.82) is 5.26 Å². The number of carbonyl (C=O) groups is 1. The first kappa shape index (κ1) is 30.7. The number of β-amino-alcohol motifs (C(OH)–C–C–N with tert-alkyl or cyclic N) is 2. The fourth-order valence-corrected chi connectivity index (χ4v) is 6.54. The van der Waals surface area contributed by atoms with Gasteiger partial charge in [-0.25, -0.2) is 0 Å². The molecule has 2 fully saturated rings. The maximum atomic E-state index is 12.5. The first-order valence-corrected chi connectivity index (χ1v) is 15.5. The molecule has 2 N–H and O–H groups in total. The Morgan fingerprint density at radius 2 is 1.98 bits per heavy atom. The number of rotatable bonds is 9. The zero-order chi connectivity index (χ0) is 31.4. The Labute approximate surface area is 262 Å². The molecular weight excluding hydrogens is 574 g/mol. The lowest BCUT2D eigenvalue weighted by atomic mass is 10.0. The molecule has 12 heteroatoms. The minimum atomic E-state index is -2.13. The van der Waals surface area contributed by atoms with Crippen LogP contribution >= 0.6 is 0 Å². The summed E-state index contributed by atoms with van der Waals surface area (Å²) in [5.41, 5.74) is 3.11. The van der Waals surface area contributed by atoms with E-state index in [2.05, 4.69) is 58.8 Å². The number of nitriles is 1. The van der Waals surface area contributed by atoms with Crippen molar-refractivity contribution in [2.75, 3.05) is 68.8 Å². The van der Waals surface area contributed by atoms with Crippen molar-refractivity contribution < 1.29 is 24.5 Å². The third-order valence-corrected chi connectivity index (χ3v) is 8.72. The molecule has 0 spiro atoms. The number of nitrogens with zero attached hydrogens (tertiary/aromatic N) is 7. The first-order chi connectivity index (χ1) is 21.8. The van der Waals surface area contributed by atoms with Gasteiger partial charge in [-0.1, -0.05) is 43.0 Å². The number of fused-ring (bicyclic) bond motifs is 2. The zero-order valence-electron chi connectivity index (χ0n) is 25.3. The van der Waals surface area contributed by atoms with Gasteiger partial charge in [-0.3, -0.25) is 9.69 Å². The van der Waals surface area contributed by atoms with Crippen LogP contribution in [-0.4, -0.2) is 107 Å². The van der Waals surface area contributed by atoms with Gasteiger partial charge in [0.05, 0.1) is 50.5 Å². The molecule has 1 aromatic heterocycles. The number of carbonyl (C=O) groups excluding carboxylic acids is 1. The van der Waals surface area contributed by atoms with Crippen molar-refractivity contribution in [3.63, 3.8) is 0 Å². The van der Waals surface area contributed by atoms with E-state index >= 15 is 0 Å². The predicted octanol–water partition coefficient (Wildman–Crippen LogP) is 2.05. The standard InChI is InChI=1S/C33H39N7O5/c1-2-30(41)40-17-16-39(21-25(40)11-13-34)31-27-12-15-38(29-10-5-8-24-7-3-4-9-26(24)29)22-28(27)35-32(36-31)44-19-6-14-37-18-20-45-33(42,43)23-37/h2-5,7-10,25,42-43H,1,6,11-12,14-23H2. The van der Waals surface area contributed by atoms with E-state index in [1.54, 1.807) is 4.90 Å². The Hall–Kier alpha value is -4.28. The van der Waals surface area contributed by atoms with Crippen molar-refractivity contribution in [3.8, 4) is 12.1 Å². The van der Waals surface area contributed by atoms with Gasteiger partial charge in [0, 0.05) is 55.9 Å².